The van der Waals surface area contributed by atoms with E-state index in [0.29, 0.717) is 52.6 Å². The Labute approximate surface area is 243 Å². The molecule has 0 fully saturated rings. The van der Waals surface area contributed by atoms with E-state index >= 15 is 0 Å². The van der Waals surface area contributed by atoms with E-state index in [4.69, 9.17) is 14.5 Å². The molecular formula is C34H42N2O5. The smallest absolute Gasteiger partial charge is 0.254 e. The van der Waals surface area contributed by atoms with Gasteiger partial charge < -0.3 is 19.5 Å². The first kappa shape index (κ1) is 29.1. The number of pyridine rings is 1. The van der Waals surface area contributed by atoms with Crippen LogP contribution in [0.3, 0.4) is 0 Å². The van der Waals surface area contributed by atoms with Crippen LogP contribution in [-0.4, -0.2) is 46.9 Å². The largest absolute Gasteiger partial charge is 0.496 e. The number of aliphatic hydroxyl groups is 1. The zero-order valence-electron chi connectivity index (χ0n) is 25.9. The molecule has 7 heteroatoms. The number of carbonyl (C=O) groups is 2. The van der Waals surface area contributed by atoms with Crippen molar-refractivity contribution in [3.05, 3.63) is 69.3 Å². The molecule has 1 amide bonds. The summed E-state index contributed by atoms with van der Waals surface area (Å²) in [6.07, 6.45) is 0.987. The maximum Gasteiger partial charge on any atom is 0.254 e. The quantitative estimate of drug-likeness (QED) is 0.476. The first-order valence-corrected chi connectivity index (χ1v) is 14.4. The van der Waals surface area contributed by atoms with Gasteiger partial charge in [0.2, 0.25) is 0 Å². The van der Waals surface area contributed by atoms with Crippen molar-refractivity contribution < 1.29 is 24.2 Å². The summed E-state index contributed by atoms with van der Waals surface area (Å²) in [5, 5.41) is 10.8. The minimum atomic E-state index is -1.11. The summed E-state index contributed by atoms with van der Waals surface area (Å²) in [6.45, 7) is 15.7. The van der Waals surface area contributed by atoms with Crippen molar-refractivity contribution >= 4 is 11.7 Å². The van der Waals surface area contributed by atoms with Crippen LogP contribution in [0.25, 0.3) is 11.3 Å². The summed E-state index contributed by atoms with van der Waals surface area (Å²) in [6, 6.07) is 7.53. The summed E-state index contributed by atoms with van der Waals surface area (Å²) in [7, 11) is 3.43. The number of rotatable bonds is 5. The zero-order valence-corrected chi connectivity index (χ0v) is 25.9. The SMILES string of the molecule is COc1ccc(-c2ccc(C)c(C(C)(C)O)n2)c(C)c1[C@H]1C2=C(CC(C)(C)CC2=O)OC2=C1C(=O)N(C)[C@@H]2C(C)C. The summed E-state index contributed by atoms with van der Waals surface area (Å²) in [5.74, 6) is 1.29. The monoisotopic (exact) mass is 558 g/mol. The van der Waals surface area contributed by atoms with Crippen molar-refractivity contribution in [1.82, 2.24) is 9.88 Å². The van der Waals surface area contributed by atoms with E-state index in [0.717, 1.165) is 22.3 Å². The molecule has 2 aromatic rings. The highest BCUT2D eigenvalue weighted by Gasteiger charge is 2.52. The second-order valence-corrected chi connectivity index (χ2v) is 13.5. The lowest BCUT2D eigenvalue weighted by atomic mass is 9.68. The number of aromatic nitrogens is 1. The fraction of sp³-hybridized carbons (Fsp3) is 0.500. The minimum Gasteiger partial charge on any atom is -0.496 e. The van der Waals surface area contributed by atoms with Crippen LogP contribution in [0.5, 0.6) is 5.75 Å². The number of amides is 1. The van der Waals surface area contributed by atoms with Crippen LogP contribution in [0.15, 0.2) is 46.9 Å². The Hall–Kier alpha value is -3.45. The normalized spacial score (nSPS) is 22.3. The third-order valence-electron chi connectivity index (χ3n) is 8.76. The molecule has 1 aromatic heterocycles. The molecule has 0 spiro atoms. The van der Waals surface area contributed by atoms with Gasteiger partial charge in [0.1, 0.15) is 22.9 Å². The Bertz CT molecular complexity index is 1520. The fourth-order valence-electron chi connectivity index (χ4n) is 6.96. The van der Waals surface area contributed by atoms with Gasteiger partial charge in [-0.3, -0.25) is 9.59 Å². The molecule has 218 valence electrons. The van der Waals surface area contributed by atoms with Gasteiger partial charge >= 0.3 is 0 Å². The Morgan fingerprint density at radius 2 is 1.78 bits per heavy atom. The van der Waals surface area contributed by atoms with Gasteiger partial charge in [-0.05, 0) is 68.4 Å². The van der Waals surface area contributed by atoms with Crippen molar-refractivity contribution in [2.45, 2.75) is 85.8 Å². The molecule has 3 aliphatic rings. The van der Waals surface area contributed by atoms with Gasteiger partial charge in [0, 0.05) is 36.6 Å². The number of nitrogens with zero attached hydrogens (tertiary/aromatic N) is 2. The van der Waals surface area contributed by atoms with Crippen LogP contribution in [0, 0.1) is 25.2 Å². The third kappa shape index (κ3) is 4.68. The van der Waals surface area contributed by atoms with Crippen molar-refractivity contribution in [3.8, 4) is 17.0 Å². The van der Waals surface area contributed by atoms with Crippen LogP contribution in [0.4, 0.5) is 0 Å². The number of allylic oxidation sites excluding steroid dienone is 2. The average Bonchev–Trinajstić information content (AvgIpc) is 3.11. The van der Waals surface area contributed by atoms with Gasteiger partial charge in [0.25, 0.3) is 5.91 Å². The molecule has 2 atom stereocenters. The molecule has 0 unspecified atom stereocenters. The van der Waals surface area contributed by atoms with E-state index in [2.05, 4.69) is 27.7 Å². The number of likely N-dealkylation sites (N-methyl/N-ethyl adjacent to an activating group) is 1. The topological polar surface area (TPSA) is 89.0 Å². The first-order valence-electron chi connectivity index (χ1n) is 14.4. The molecule has 0 bridgehead atoms. The van der Waals surface area contributed by atoms with E-state index in [9.17, 15) is 14.7 Å². The minimum absolute atomic E-state index is 0.000818. The van der Waals surface area contributed by atoms with Crippen molar-refractivity contribution in [3.63, 3.8) is 0 Å². The van der Waals surface area contributed by atoms with Crippen LogP contribution < -0.4 is 4.74 Å². The number of hydrogen-bond acceptors (Lipinski definition) is 6. The van der Waals surface area contributed by atoms with Crippen LogP contribution >= 0.6 is 0 Å². The predicted molar refractivity (Wildman–Crippen MR) is 158 cm³/mol. The molecule has 41 heavy (non-hydrogen) atoms. The van der Waals surface area contributed by atoms with E-state index in [1.54, 1.807) is 25.9 Å². The maximum atomic E-state index is 14.0. The zero-order chi connectivity index (χ0) is 30.2. The number of ketones is 1. The highest BCUT2D eigenvalue weighted by Crippen LogP contribution is 2.55. The Balaban J connectivity index is 1.80. The number of carbonyl (C=O) groups excluding carboxylic acids is 2. The molecule has 5 rings (SSSR count). The van der Waals surface area contributed by atoms with Gasteiger partial charge in [-0.1, -0.05) is 33.8 Å². The first-order chi connectivity index (χ1) is 19.1. The maximum absolute atomic E-state index is 14.0. The molecule has 2 aliphatic heterocycles. The highest BCUT2D eigenvalue weighted by atomic mass is 16.5. The number of aryl methyl sites for hydroxylation is 1. The molecule has 0 saturated carbocycles. The highest BCUT2D eigenvalue weighted by molar-refractivity contribution is 6.07. The lowest BCUT2D eigenvalue weighted by molar-refractivity contribution is -0.126. The third-order valence-corrected chi connectivity index (χ3v) is 8.76. The van der Waals surface area contributed by atoms with E-state index in [1.165, 1.54) is 0 Å². The average molecular weight is 559 g/mol. The van der Waals surface area contributed by atoms with E-state index in [-0.39, 0.29) is 29.1 Å². The molecule has 3 heterocycles. The van der Waals surface area contributed by atoms with E-state index < -0.39 is 11.5 Å². The van der Waals surface area contributed by atoms with E-state index in [1.807, 2.05) is 45.2 Å². The number of ether oxygens (including phenoxy) is 2. The van der Waals surface area contributed by atoms with Crippen LogP contribution in [0.2, 0.25) is 0 Å². The molecular weight excluding hydrogens is 516 g/mol. The number of methoxy groups -OCH3 is 1. The summed E-state index contributed by atoms with van der Waals surface area (Å²) >= 11 is 0. The molecule has 1 aliphatic carbocycles. The molecule has 0 radical (unpaired) electrons. The molecule has 1 N–H and O–H groups in total. The van der Waals surface area contributed by atoms with Crippen molar-refractivity contribution in [2.24, 2.45) is 11.3 Å². The summed E-state index contributed by atoms with van der Waals surface area (Å²) in [4.78, 5) is 34.5. The Morgan fingerprint density at radius 3 is 2.39 bits per heavy atom. The van der Waals surface area contributed by atoms with Gasteiger partial charge in [-0.2, -0.15) is 0 Å². The number of Topliss-reactive ketones (excluding diaryl/α,β-unsaturated/α-hetero) is 1. The van der Waals surface area contributed by atoms with Gasteiger partial charge in [-0.15, -0.1) is 0 Å². The van der Waals surface area contributed by atoms with Gasteiger partial charge in [0.15, 0.2) is 5.78 Å². The summed E-state index contributed by atoms with van der Waals surface area (Å²) in [5.41, 5.74) is 4.42. The standard InChI is InChI=1S/C34H42N2O5/c1-17(2)29-30-28(32(38)36(29)9)27(26-22(37)15-33(5,6)16-24(26)41-30)25-19(4)20(12-14-23(25)40-10)21-13-11-18(3)31(35-21)34(7,8)39/h11-14,17,27,29,39H,15-16H2,1-10H3/t27-,29+/m0/s1. The second kappa shape index (κ2) is 9.83. The lowest BCUT2D eigenvalue weighted by Gasteiger charge is -2.39. The van der Waals surface area contributed by atoms with Gasteiger partial charge in [-0.25, -0.2) is 4.98 Å². The summed E-state index contributed by atoms with van der Waals surface area (Å²) < 4.78 is 12.5. The predicted octanol–water partition coefficient (Wildman–Crippen LogP) is 6.11. The second-order valence-electron chi connectivity index (χ2n) is 13.5. The molecule has 0 saturated heterocycles. The molecule has 1 aromatic carbocycles. The van der Waals surface area contributed by atoms with Crippen LogP contribution in [0.1, 0.15) is 82.7 Å². The van der Waals surface area contributed by atoms with Crippen LogP contribution in [-0.2, 0) is 19.9 Å². The Morgan fingerprint density at radius 1 is 1.10 bits per heavy atom. The fourth-order valence-corrected chi connectivity index (χ4v) is 6.96. The molecule has 7 nitrogen and oxygen atoms in total. The Kier molecular flexibility index (Phi) is 6.97. The van der Waals surface area contributed by atoms with Gasteiger partial charge in [0.05, 0.1) is 36.0 Å². The number of hydrogen-bond donors (Lipinski definition) is 1. The number of benzene rings is 1. The van der Waals surface area contributed by atoms with Crippen molar-refractivity contribution in [1.29, 1.82) is 0 Å². The van der Waals surface area contributed by atoms with Crippen molar-refractivity contribution in [2.75, 3.05) is 14.2 Å². The lowest BCUT2D eigenvalue weighted by Crippen LogP contribution is -2.36.